The van der Waals surface area contributed by atoms with Crippen LogP contribution in [0.4, 0.5) is 11.5 Å². The van der Waals surface area contributed by atoms with Crippen molar-refractivity contribution in [2.24, 2.45) is 7.05 Å². The summed E-state index contributed by atoms with van der Waals surface area (Å²) in [7, 11) is 1.76. The van der Waals surface area contributed by atoms with Crippen LogP contribution >= 0.6 is 0 Å². The smallest absolute Gasteiger partial charge is 0.269 e. The van der Waals surface area contributed by atoms with Crippen LogP contribution in [-0.2, 0) is 22.1 Å². The zero-order valence-corrected chi connectivity index (χ0v) is 19.3. The number of carbonyl (C=O) groups excluding carboxylic acids is 2. The number of nitro benzene ring substituents is 1. The Bertz CT molecular complexity index is 987. The van der Waals surface area contributed by atoms with Gasteiger partial charge in [0, 0.05) is 43.3 Å². The predicted octanol–water partition coefficient (Wildman–Crippen LogP) is 3.91. The molecule has 0 saturated carbocycles. The molecule has 0 saturated heterocycles. The van der Waals surface area contributed by atoms with Crippen molar-refractivity contribution in [2.45, 2.75) is 46.0 Å². The zero-order chi connectivity index (χ0) is 23.9. The molecule has 1 aromatic heterocycles. The molecule has 0 aliphatic carbocycles. The fraction of sp³-hybridized carbons (Fsp3) is 0.435. The lowest BCUT2D eigenvalue weighted by atomic mass is 9.92. The van der Waals surface area contributed by atoms with Crippen molar-refractivity contribution in [1.29, 1.82) is 0 Å². The molecule has 0 aliphatic rings. The molecule has 172 valence electrons. The molecule has 1 N–H and O–H groups in total. The van der Waals surface area contributed by atoms with E-state index in [1.54, 1.807) is 29.9 Å². The van der Waals surface area contributed by atoms with E-state index in [4.69, 9.17) is 0 Å². The Morgan fingerprint density at radius 2 is 1.91 bits per heavy atom. The van der Waals surface area contributed by atoms with E-state index in [2.05, 4.69) is 10.4 Å². The molecule has 1 heterocycles. The van der Waals surface area contributed by atoms with E-state index in [0.29, 0.717) is 17.9 Å². The summed E-state index contributed by atoms with van der Waals surface area (Å²) in [5, 5.41) is 18.0. The molecular weight excluding hydrogens is 410 g/mol. The van der Waals surface area contributed by atoms with Gasteiger partial charge in [0.2, 0.25) is 11.8 Å². The first kappa shape index (κ1) is 24.8. The number of nitrogens with one attached hydrogen (secondary N) is 1. The number of carbonyl (C=O) groups is 2. The number of nitro groups is 1. The second-order valence-electron chi connectivity index (χ2n) is 8.63. The summed E-state index contributed by atoms with van der Waals surface area (Å²) in [6.45, 7) is 8.51. The number of anilines is 1. The van der Waals surface area contributed by atoms with Gasteiger partial charge in [0.15, 0.2) is 0 Å². The van der Waals surface area contributed by atoms with E-state index in [-0.39, 0.29) is 29.5 Å². The van der Waals surface area contributed by atoms with E-state index in [0.717, 1.165) is 18.5 Å². The molecule has 9 heteroatoms. The second-order valence-corrected chi connectivity index (χ2v) is 8.63. The quantitative estimate of drug-likeness (QED) is 0.360. The summed E-state index contributed by atoms with van der Waals surface area (Å²) in [6, 6.07) is 7.74. The van der Waals surface area contributed by atoms with Gasteiger partial charge in [-0.25, -0.2) is 0 Å². The number of aryl methyl sites for hydroxylation is 1. The minimum Gasteiger partial charge on any atom is -0.330 e. The third-order valence-electron chi connectivity index (χ3n) is 4.87. The topological polar surface area (TPSA) is 110 Å². The molecule has 0 aliphatic heterocycles. The van der Waals surface area contributed by atoms with Crippen LogP contribution in [0.5, 0.6) is 0 Å². The maximum absolute atomic E-state index is 12.7. The van der Waals surface area contributed by atoms with Crippen LogP contribution in [-0.4, -0.2) is 44.5 Å². The fourth-order valence-electron chi connectivity index (χ4n) is 2.90. The second kappa shape index (κ2) is 10.7. The van der Waals surface area contributed by atoms with Gasteiger partial charge in [-0.1, -0.05) is 34.1 Å². The Kier molecular flexibility index (Phi) is 8.28. The summed E-state index contributed by atoms with van der Waals surface area (Å²) in [5.74, 6) is -0.0294. The van der Waals surface area contributed by atoms with Gasteiger partial charge < -0.3 is 10.2 Å². The lowest BCUT2D eigenvalue weighted by Crippen LogP contribution is -2.38. The highest BCUT2D eigenvalue weighted by atomic mass is 16.6. The first-order chi connectivity index (χ1) is 15.0. The molecule has 0 fully saturated rings. The van der Waals surface area contributed by atoms with E-state index < -0.39 is 4.92 Å². The molecule has 0 unspecified atom stereocenters. The molecule has 2 aromatic rings. The number of hydrogen-bond acceptors (Lipinski definition) is 5. The van der Waals surface area contributed by atoms with Gasteiger partial charge in [0.05, 0.1) is 10.6 Å². The summed E-state index contributed by atoms with van der Waals surface area (Å²) in [5.41, 5.74) is 1.36. The van der Waals surface area contributed by atoms with Crippen LogP contribution in [0.25, 0.3) is 6.08 Å². The van der Waals surface area contributed by atoms with Crippen LogP contribution in [0.2, 0.25) is 0 Å². The fourth-order valence-corrected chi connectivity index (χ4v) is 2.90. The van der Waals surface area contributed by atoms with E-state index in [1.807, 2.05) is 33.8 Å². The van der Waals surface area contributed by atoms with Crippen molar-refractivity contribution >= 4 is 29.4 Å². The van der Waals surface area contributed by atoms with Crippen LogP contribution in [0, 0.1) is 10.1 Å². The Balaban J connectivity index is 2.06. The molecule has 1 aromatic carbocycles. The average molecular weight is 442 g/mol. The molecular formula is C23H31N5O4. The lowest BCUT2D eigenvalue weighted by Gasteiger charge is -2.20. The van der Waals surface area contributed by atoms with Crippen molar-refractivity contribution in [3.63, 3.8) is 0 Å². The van der Waals surface area contributed by atoms with E-state index in [1.165, 1.54) is 23.1 Å². The van der Waals surface area contributed by atoms with Crippen molar-refractivity contribution in [3.05, 3.63) is 57.8 Å². The SMILES string of the molecule is CCCCN(CC(=O)Nc1cc(C(C)(C)C)nn1C)C(=O)/C=C/c1ccc([N+](=O)[O-])cc1. The lowest BCUT2D eigenvalue weighted by molar-refractivity contribution is -0.384. The summed E-state index contributed by atoms with van der Waals surface area (Å²) < 4.78 is 1.62. The first-order valence-corrected chi connectivity index (χ1v) is 10.6. The van der Waals surface area contributed by atoms with Crippen LogP contribution < -0.4 is 5.32 Å². The number of benzene rings is 1. The Morgan fingerprint density at radius 3 is 2.44 bits per heavy atom. The van der Waals surface area contributed by atoms with Crippen molar-refractivity contribution in [2.75, 3.05) is 18.4 Å². The third-order valence-corrected chi connectivity index (χ3v) is 4.87. The molecule has 9 nitrogen and oxygen atoms in total. The van der Waals surface area contributed by atoms with Gasteiger partial charge in [-0.15, -0.1) is 0 Å². The molecule has 0 spiro atoms. The largest absolute Gasteiger partial charge is 0.330 e. The Morgan fingerprint density at radius 1 is 1.25 bits per heavy atom. The predicted molar refractivity (Wildman–Crippen MR) is 124 cm³/mol. The molecule has 0 atom stereocenters. The van der Waals surface area contributed by atoms with Gasteiger partial charge in [-0.05, 0) is 30.2 Å². The minimum atomic E-state index is -0.476. The Labute approximate surface area is 188 Å². The highest BCUT2D eigenvalue weighted by molar-refractivity contribution is 5.97. The van der Waals surface area contributed by atoms with E-state index in [9.17, 15) is 19.7 Å². The highest BCUT2D eigenvalue weighted by Gasteiger charge is 2.21. The molecule has 0 bridgehead atoms. The summed E-state index contributed by atoms with van der Waals surface area (Å²) in [4.78, 5) is 37.1. The number of amides is 2. The Hall–Kier alpha value is -3.49. The minimum absolute atomic E-state index is 0.0143. The van der Waals surface area contributed by atoms with Gasteiger partial charge >= 0.3 is 0 Å². The molecule has 2 rings (SSSR count). The summed E-state index contributed by atoms with van der Waals surface area (Å²) in [6.07, 6.45) is 4.62. The average Bonchev–Trinajstić information content (AvgIpc) is 3.10. The van der Waals surface area contributed by atoms with Gasteiger partial charge in [0.1, 0.15) is 12.4 Å². The maximum Gasteiger partial charge on any atom is 0.269 e. The first-order valence-electron chi connectivity index (χ1n) is 10.6. The maximum atomic E-state index is 12.7. The number of unbranched alkanes of at least 4 members (excludes halogenated alkanes) is 1. The number of hydrogen-bond donors (Lipinski definition) is 1. The monoisotopic (exact) mass is 441 g/mol. The normalized spacial score (nSPS) is 11.5. The van der Waals surface area contributed by atoms with Crippen molar-refractivity contribution < 1.29 is 14.5 Å². The molecule has 32 heavy (non-hydrogen) atoms. The van der Waals surface area contributed by atoms with Gasteiger partial charge in [0.25, 0.3) is 5.69 Å². The summed E-state index contributed by atoms with van der Waals surface area (Å²) >= 11 is 0. The number of nitrogens with zero attached hydrogens (tertiary/aromatic N) is 4. The van der Waals surface area contributed by atoms with Gasteiger partial charge in [-0.2, -0.15) is 5.10 Å². The standard InChI is InChI=1S/C23H31N5O4/c1-6-7-14-27(22(30)13-10-17-8-11-18(12-9-17)28(31)32)16-21(29)24-20-15-19(23(2,3)4)25-26(20)5/h8-13,15H,6-7,14,16H2,1-5H3,(H,24,29)/b13-10+. The van der Waals surface area contributed by atoms with Crippen molar-refractivity contribution in [3.8, 4) is 0 Å². The van der Waals surface area contributed by atoms with Crippen LogP contribution in [0.3, 0.4) is 0 Å². The van der Waals surface area contributed by atoms with Crippen LogP contribution in [0.1, 0.15) is 51.8 Å². The highest BCUT2D eigenvalue weighted by Crippen LogP contribution is 2.23. The number of rotatable bonds is 9. The van der Waals surface area contributed by atoms with Crippen LogP contribution in [0.15, 0.2) is 36.4 Å². The van der Waals surface area contributed by atoms with Crippen molar-refractivity contribution in [1.82, 2.24) is 14.7 Å². The van der Waals surface area contributed by atoms with E-state index >= 15 is 0 Å². The van der Waals surface area contributed by atoms with Gasteiger partial charge in [-0.3, -0.25) is 24.4 Å². The molecule has 0 radical (unpaired) electrons. The zero-order valence-electron chi connectivity index (χ0n) is 19.3. The molecule has 2 amide bonds. The third kappa shape index (κ3) is 7.04. The number of aromatic nitrogens is 2. The number of non-ortho nitro benzene ring substituents is 1.